The van der Waals surface area contributed by atoms with Gasteiger partial charge in [-0.2, -0.15) is 0 Å². The summed E-state index contributed by atoms with van der Waals surface area (Å²) >= 11 is 0. The summed E-state index contributed by atoms with van der Waals surface area (Å²) in [6.07, 6.45) is 0.234. The van der Waals surface area contributed by atoms with Gasteiger partial charge < -0.3 is 10.5 Å². The number of anilines is 1. The van der Waals surface area contributed by atoms with Gasteiger partial charge in [-0.3, -0.25) is 0 Å². The maximum atomic E-state index is 5.76. The molecule has 0 bridgehead atoms. The van der Waals surface area contributed by atoms with E-state index in [0.29, 0.717) is 5.92 Å². The molecular weight excluding hydrogens is 174 g/mol. The fourth-order valence-electron chi connectivity index (χ4n) is 1.07. The zero-order valence-electron chi connectivity index (χ0n) is 9.37. The average molecular weight is 193 g/mol. The second-order valence-corrected chi connectivity index (χ2v) is 4.09. The zero-order valence-corrected chi connectivity index (χ0v) is 9.37. The summed E-state index contributed by atoms with van der Waals surface area (Å²) in [6, 6.07) is 5.78. The van der Waals surface area contributed by atoms with Gasteiger partial charge in [-0.15, -0.1) is 0 Å². The third kappa shape index (κ3) is 2.66. The molecule has 1 aromatic carbocycles. The summed E-state index contributed by atoms with van der Waals surface area (Å²) in [6.45, 7) is 8.36. The van der Waals surface area contributed by atoms with Crippen LogP contribution in [-0.2, 0) is 0 Å². The SMILES string of the molecule is Cc1cc(OC(C)C(C)C)ccc1N. The van der Waals surface area contributed by atoms with Gasteiger partial charge in [-0.25, -0.2) is 0 Å². The predicted octanol–water partition coefficient (Wildman–Crippen LogP) is 3.00. The molecular formula is C12H19NO. The number of hydrogen-bond acceptors (Lipinski definition) is 2. The Hall–Kier alpha value is -1.18. The van der Waals surface area contributed by atoms with Crippen LogP contribution in [0.3, 0.4) is 0 Å². The first-order valence-corrected chi connectivity index (χ1v) is 5.03. The Balaban J connectivity index is 2.73. The lowest BCUT2D eigenvalue weighted by molar-refractivity contribution is 0.170. The van der Waals surface area contributed by atoms with Crippen LogP contribution >= 0.6 is 0 Å². The van der Waals surface area contributed by atoms with E-state index >= 15 is 0 Å². The van der Waals surface area contributed by atoms with Crippen molar-refractivity contribution in [3.05, 3.63) is 23.8 Å². The van der Waals surface area contributed by atoms with Crippen molar-refractivity contribution >= 4 is 5.69 Å². The van der Waals surface area contributed by atoms with Crippen LogP contribution in [0.5, 0.6) is 5.75 Å². The molecule has 14 heavy (non-hydrogen) atoms. The number of benzene rings is 1. The standard InChI is InChI=1S/C12H19NO/c1-8(2)10(4)14-11-5-6-12(13)9(3)7-11/h5-8,10H,13H2,1-4H3. The highest BCUT2D eigenvalue weighted by Gasteiger charge is 2.08. The van der Waals surface area contributed by atoms with E-state index in [1.54, 1.807) is 0 Å². The van der Waals surface area contributed by atoms with E-state index in [-0.39, 0.29) is 6.10 Å². The highest BCUT2D eigenvalue weighted by Crippen LogP contribution is 2.21. The Morgan fingerprint density at radius 2 is 1.86 bits per heavy atom. The molecule has 0 heterocycles. The van der Waals surface area contributed by atoms with Crippen LogP contribution < -0.4 is 10.5 Å². The van der Waals surface area contributed by atoms with E-state index in [9.17, 15) is 0 Å². The van der Waals surface area contributed by atoms with E-state index in [1.165, 1.54) is 0 Å². The molecule has 0 saturated heterocycles. The molecule has 1 rings (SSSR count). The van der Waals surface area contributed by atoms with Crippen LogP contribution in [0, 0.1) is 12.8 Å². The van der Waals surface area contributed by atoms with Crippen molar-refractivity contribution in [3.8, 4) is 5.75 Å². The van der Waals surface area contributed by atoms with Crippen molar-refractivity contribution in [3.63, 3.8) is 0 Å². The van der Waals surface area contributed by atoms with Gasteiger partial charge in [0, 0.05) is 5.69 Å². The maximum Gasteiger partial charge on any atom is 0.120 e. The first kappa shape index (κ1) is 10.9. The molecule has 0 saturated carbocycles. The van der Waals surface area contributed by atoms with Gasteiger partial charge in [-0.05, 0) is 43.5 Å². The molecule has 2 nitrogen and oxygen atoms in total. The second kappa shape index (κ2) is 4.36. The third-order valence-electron chi connectivity index (χ3n) is 2.50. The molecule has 78 valence electrons. The minimum absolute atomic E-state index is 0.234. The Kier molecular flexibility index (Phi) is 3.39. The number of hydrogen-bond donors (Lipinski definition) is 1. The van der Waals surface area contributed by atoms with Crippen molar-refractivity contribution in [1.29, 1.82) is 0 Å². The van der Waals surface area contributed by atoms with Crippen LogP contribution in [0.4, 0.5) is 5.69 Å². The minimum Gasteiger partial charge on any atom is -0.490 e. The van der Waals surface area contributed by atoms with Gasteiger partial charge in [0.05, 0.1) is 6.10 Å². The molecule has 2 heteroatoms. The van der Waals surface area contributed by atoms with Gasteiger partial charge in [0.2, 0.25) is 0 Å². The molecule has 0 aromatic heterocycles. The van der Waals surface area contributed by atoms with Gasteiger partial charge in [0.1, 0.15) is 5.75 Å². The fourth-order valence-corrected chi connectivity index (χ4v) is 1.07. The van der Waals surface area contributed by atoms with E-state index in [0.717, 1.165) is 17.0 Å². The number of rotatable bonds is 3. The number of aryl methyl sites for hydroxylation is 1. The monoisotopic (exact) mass is 193 g/mol. The van der Waals surface area contributed by atoms with Gasteiger partial charge in [-0.1, -0.05) is 13.8 Å². The normalized spacial score (nSPS) is 12.9. The molecule has 1 unspecified atom stereocenters. The van der Waals surface area contributed by atoms with Gasteiger partial charge >= 0.3 is 0 Å². The first-order chi connectivity index (χ1) is 6.50. The summed E-state index contributed by atoms with van der Waals surface area (Å²) in [4.78, 5) is 0. The van der Waals surface area contributed by atoms with Crippen molar-refractivity contribution in [2.75, 3.05) is 5.73 Å². The van der Waals surface area contributed by atoms with Gasteiger partial charge in [0.25, 0.3) is 0 Å². The summed E-state index contributed by atoms with van der Waals surface area (Å²) < 4.78 is 5.76. The molecule has 0 spiro atoms. The zero-order chi connectivity index (χ0) is 10.7. The molecule has 0 amide bonds. The minimum atomic E-state index is 0.234. The van der Waals surface area contributed by atoms with E-state index in [1.807, 2.05) is 25.1 Å². The quantitative estimate of drug-likeness (QED) is 0.749. The molecule has 0 aliphatic rings. The van der Waals surface area contributed by atoms with Crippen molar-refractivity contribution in [2.45, 2.75) is 33.8 Å². The van der Waals surface area contributed by atoms with Crippen LogP contribution in [0.2, 0.25) is 0 Å². The molecule has 2 N–H and O–H groups in total. The van der Waals surface area contributed by atoms with Crippen molar-refractivity contribution in [2.24, 2.45) is 5.92 Å². The number of nitrogens with two attached hydrogens (primary N) is 1. The Morgan fingerprint density at radius 3 is 2.36 bits per heavy atom. The van der Waals surface area contributed by atoms with Crippen molar-refractivity contribution in [1.82, 2.24) is 0 Å². The Morgan fingerprint density at radius 1 is 1.21 bits per heavy atom. The second-order valence-electron chi connectivity index (χ2n) is 4.09. The topological polar surface area (TPSA) is 35.2 Å². The maximum absolute atomic E-state index is 5.76. The highest BCUT2D eigenvalue weighted by molar-refractivity contribution is 5.49. The summed E-state index contributed by atoms with van der Waals surface area (Å²) in [5.74, 6) is 1.42. The van der Waals surface area contributed by atoms with Crippen molar-refractivity contribution < 1.29 is 4.74 Å². The largest absolute Gasteiger partial charge is 0.490 e. The molecule has 0 radical (unpaired) electrons. The predicted molar refractivity (Wildman–Crippen MR) is 60.5 cm³/mol. The summed E-state index contributed by atoms with van der Waals surface area (Å²) in [7, 11) is 0. The van der Waals surface area contributed by atoms with Crippen LogP contribution in [0.15, 0.2) is 18.2 Å². The molecule has 0 fully saturated rings. The lowest BCUT2D eigenvalue weighted by Crippen LogP contribution is -2.18. The van der Waals surface area contributed by atoms with E-state index in [4.69, 9.17) is 10.5 Å². The van der Waals surface area contributed by atoms with E-state index < -0.39 is 0 Å². The van der Waals surface area contributed by atoms with Crippen LogP contribution in [0.25, 0.3) is 0 Å². The Labute approximate surface area is 86.1 Å². The molecule has 1 atom stereocenters. The molecule has 0 aliphatic heterocycles. The molecule has 1 aromatic rings. The average Bonchev–Trinajstić information content (AvgIpc) is 2.11. The molecule has 0 aliphatic carbocycles. The Bertz CT molecular complexity index is 307. The van der Waals surface area contributed by atoms with Gasteiger partial charge in [0.15, 0.2) is 0 Å². The lowest BCUT2D eigenvalue weighted by atomic mass is 10.1. The van der Waals surface area contributed by atoms with Crippen LogP contribution in [-0.4, -0.2) is 6.10 Å². The fraction of sp³-hybridized carbons (Fsp3) is 0.500. The number of nitrogen functional groups attached to an aromatic ring is 1. The van der Waals surface area contributed by atoms with Crippen LogP contribution in [0.1, 0.15) is 26.3 Å². The summed E-state index contributed by atoms with van der Waals surface area (Å²) in [5.41, 5.74) is 7.61. The lowest BCUT2D eigenvalue weighted by Gasteiger charge is -2.18. The van der Waals surface area contributed by atoms with E-state index in [2.05, 4.69) is 20.8 Å². The smallest absolute Gasteiger partial charge is 0.120 e. The third-order valence-corrected chi connectivity index (χ3v) is 2.50. The summed E-state index contributed by atoms with van der Waals surface area (Å²) in [5, 5.41) is 0. The number of ether oxygens (including phenoxy) is 1. The highest BCUT2D eigenvalue weighted by atomic mass is 16.5. The first-order valence-electron chi connectivity index (χ1n) is 5.03.